The fourth-order valence-electron chi connectivity index (χ4n) is 5.82. The van der Waals surface area contributed by atoms with E-state index in [1.807, 2.05) is 78.9 Å². The summed E-state index contributed by atoms with van der Waals surface area (Å²) in [6.45, 7) is 0.414. The van der Waals surface area contributed by atoms with Gasteiger partial charge in [0.2, 0.25) is 5.90 Å². The summed E-state index contributed by atoms with van der Waals surface area (Å²) in [5.41, 5.74) is 3.35. The number of carbonyl (C=O) groups excluding carboxylic acids is 1. The number of alkyl halides is 3. The highest BCUT2D eigenvalue weighted by molar-refractivity contribution is 9.10. The number of nitrogens with zero attached hydrogens (tertiary/aromatic N) is 1. The van der Waals surface area contributed by atoms with E-state index in [1.54, 1.807) is 24.3 Å². The number of ether oxygens (including phenoxy) is 3. The Morgan fingerprint density at radius 2 is 1.41 bits per heavy atom. The number of hydrogen-bond donors (Lipinski definition) is 2. The van der Waals surface area contributed by atoms with Gasteiger partial charge >= 0.3 is 6.36 Å². The first-order chi connectivity index (χ1) is 24.6. The molecule has 0 bridgehead atoms. The van der Waals surface area contributed by atoms with E-state index in [9.17, 15) is 18.0 Å². The maximum absolute atomic E-state index is 14.6. The summed E-state index contributed by atoms with van der Waals surface area (Å²) in [7, 11) is 0. The van der Waals surface area contributed by atoms with Crippen LogP contribution in [0, 0.1) is 0 Å². The van der Waals surface area contributed by atoms with Crippen LogP contribution in [-0.2, 0) is 22.5 Å². The molecule has 0 aliphatic carbocycles. The van der Waals surface area contributed by atoms with Crippen LogP contribution in [0.3, 0.4) is 0 Å². The van der Waals surface area contributed by atoms with Crippen LogP contribution < -0.4 is 14.8 Å². The lowest BCUT2D eigenvalue weighted by Gasteiger charge is -2.31. The lowest BCUT2D eigenvalue weighted by molar-refractivity contribution is -0.274. The minimum atomic E-state index is -4.81. The Kier molecular flexibility index (Phi) is 11.1. The highest BCUT2D eigenvalue weighted by atomic mass is 79.9. The Hall–Kier alpha value is -5.13. The van der Waals surface area contributed by atoms with Crippen molar-refractivity contribution in [3.8, 4) is 22.6 Å². The van der Waals surface area contributed by atoms with Crippen molar-refractivity contribution >= 4 is 27.7 Å². The van der Waals surface area contributed by atoms with Crippen molar-refractivity contribution in [3.05, 3.63) is 154 Å². The average molecular weight is 760 g/mol. The summed E-state index contributed by atoms with van der Waals surface area (Å²) in [4.78, 5) is 19.7. The Labute approximate surface area is 301 Å². The van der Waals surface area contributed by atoms with Crippen molar-refractivity contribution in [1.29, 1.82) is 0 Å². The smallest absolute Gasteiger partial charge is 0.494 e. The molecule has 51 heavy (non-hydrogen) atoms. The second kappa shape index (κ2) is 15.8. The number of aliphatic hydroxyl groups is 1. The van der Waals surface area contributed by atoms with Gasteiger partial charge in [0, 0.05) is 36.0 Å². The number of carbonyl (C=O) groups is 1. The minimum Gasteiger partial charge on any atom is -0.494 e. The lowest BCUT2D eigenvalue weighted by Crippen LogP contribution is -2.49. The van der Waals surface area contributed by atoms with Gasteiger partial charge < -0.3 is 24.6 Å². The van der Waals surface area contributed by atoms with Crippen LogP contribution in [0.5, 0.6) is 11.5 Å². The van der Waals surface area contributed by atoms with Gasteiger partial charge in [0.05, 0.1) is 6.61 Å². The van der Waals surface area contributed by atoms with Crippen LogP contribution in [-0.4, -0.2) is 42.0 Å². The highest BCUT2D eigenvalue weighted by Gasteiger charge is 2.53. The van der Waals surface area contributed by atoms with Gasteiger partial charge in [0.15, 0.2) is 11.6 Å². The Morgan fingerprint density at radius 3 is 2.06 bits per heavy atom. The molecule has 262 valence electrons. The van der Waals surface area contributed by atoms with E-state index in [4.69, 9.17) is 19.6 Å². The maximum Gasteiger partial charge on any atom is 0.573 e. The summed E-state index contributed by atoms with van der Waals surface area (Å²) < 4.78 is 55.4. The van der Waals surface area contributed by atoms with Crippen molar-refractivity contribution in [3.63, 3.8) is 0 Å². The molecule has 1 aliphatic heterocycles. The molecule has 7 nitrogen and oxygen atoms in total. The number of halogens is 4. The largest absolute Gasteiger partial charge is 0.573 e. The molecule has 1 amide bonds. The Morgan fingerprint density at radius 1 is 0.804 bits per heavy atom. The number of hydrogen-bond acceptors (Lipinski definition) is 6. The topological polar surface area (TPSA) is 89.4 Å². The molecule has 0 saturated heterocycles. The van der Waals surface area contributed by atoms with Crippen LogP contribution in [0.15, 0.2) is 137 Å². The molecule has 0 spiro atoms. The molecule has 0 radical (unpaired) electrons. The molecule has 6 rings (SSSR count). The van der Waals surface area contributed by atoms with Gasteiger partial charge in [-0.25, -0.2) is 4.99 Å². The zero-order chi connectivity index (χ0) is 35.8. The molecular weight excluding hydrogens is 725 g/mol. The van der Waals surface area contributed by atoms with E-state index >= 15 is 0 Å². The first-order valence-corrected chi connectivity index (χ1v) is 17.0. The van der Waals surface area contributed by atoms with E-state index in [0.29, 0.717) is 29.9 Å². The van der Waals surface area contributed by atoms with Crippen molar-refractivity contribution in [2.45, 2.75) is 37.4 Å². The van der Waals surface area contributed by atoms with E-state index < -0.39 is 23.9 Å². The first kappa shape index (κ1) is 35.7. The minimum absolute atomic E-state index is 0.0245. The standard InChI is InChI=1S/C40H34BrF3N2O5/c41-33-17-7-27(8-18-33)25-39(38(48)45-26-28-9-19-35(20-10-28)51-40(42,43)44)36(31-13-11-30(12-14-31)29-5-2-1-3-6-29)50-37(46-39)32-15-21-34(22-16-32)49-24-4-23-47/h1-3,5-22,36,47H,4,23-26H2,(H,45,48)/t36-,39-/m1/s1. The van der Waals surface area contributed by atoms with Gasteiger partial charge in [-0.2, -0.15) is 0 Å². The van der Waals surface area contributed by atoms with Gasteiger partial charge in [0.25, 0.3) is 5.91 Å². The fourth-order valence-corrected chi connectivity index (χ4v) is 6.09. The molecule has 0 saturated carbocycles. The van der Waals surface area contributed by atoms with Crippen molar-refractivity contribution in [1.82, 2.24) is 5.32 Å². The van der Waals surface area contributed by atoms with Gasteiger partial charge in [-0.3, -0.25) is 4.79 Å². The molecule has 11 heteroatoms. The Balaban J connectivity index is 1.37. The predicted octanol–water partition coefficient (Wildman–Crippen LogP) is 8.59. The monoisotopic (exact) mass is 758 g/mol. The fraction of sp³-hybridized carbons (Fsp3) is 0.200. The highest BCUT2D eigenvalue weighted by Crippen LogP contribution is 2.43. The molecule has 2 atom stereocenters. The van der Waals surface area contributed by atoms with Crippen LogP contribution in [0.25, 0.3) is 11.1 Å². The van der Waals surface area contributed by atoms with Crippen LogP contribution >= 0.6 is 15.9 Å². The third kappa shape index (κ3) is 8.97. The molecule has 0 aromatic heterocycles. The number of nitrogens with one attached hydrogen (secondary N) is 1. The lowest BCUT2D eigenvalue weighted by atomic mass is 9.81. The molecule has 2 N–H and O–H groups in total. The van der Waals surface area contributed by atoms with Gasteiger partial charge in [0.1, 0.15) is 11.5 Å². The van der Waals surface area contributed by atoms with Crippen molar-refractivity contribution in [2.75, 3.05) is 13.2 Å². The maximum atomic E-state index is 14.6. The van der Waals surface area contributed by atoms with E-state index in [0.717, 1.165) is 26.7 Å². The molecule has 5 aromatic rings. The first-order valence-electron chi connectivity index (χ1n) is 16.3. The average Bonchev–Trinajstić information content (AvgIpc) is 3.52. The number of aliphatic hydroxyl groups excluding tert-OH is 1. The van der Waals surface area contributed by atoms with Crippen LogP contribution in [0.4, 0.5) is 13.2 Å². The Bertz CT molecular complexity index is 1940. The molecule has 1 aliphatic rings. The summed E-state index contributed by atoms with van der Waals surface area (Å²) in [6, 6.07) is 37.9. The molecule has 0 unspecified atom stereocenters. The SMILES string of the molecule is O=C(NCc1ccc(OC(F)(F)F)cc1)[C@]1(Cc2ccc(Br)cc2)N=C(c2ccc(OCCCO)cc2)O[C@@H]1c1ccc(-c2ccccc2)cc1. The second-order valence-corrected chi connectivity index (χ2v) is 12.9. The van der Waals surface area contributed by atoms with E-state index in [-0.39, 0.29) is 31.2 Å². The summed E-state index contributed by atoms with van der Waals surface area (Å²) >= 11 is 3.49. The summed E-state index contributed by atoms with van der Waals surface area (Å²) in [5, 5.41) is 12.1. The zero-order valence-electron chi connectivity index (χ0n) is 27.3. The third-order valence-electron chi connectivity index (χ3n) is 8.35. The summed E-state index contributed by atoms with van der Waals surface area (Å²) in [6.07, 6.45) is -4.97. The van der Waals surface area contributed by atoms with Gasteiger partial charge in [-0.05, 0) is 76.3 Å². The quantitative estimate of drug-likeness (QED) is 0.118. The van der Waals surface area contributed by atoms with Gasteiger partial charge in [-0.1, -0.05) is 94.8 Å². The number of rotatable bonds is 13. The van der Waals surface area contributed by atoms with Crippen molar-refractivity contribution < 1.29 is 37.3 Å². The molecule has 1 heterocycles. The molecular formula is C40H34BrF3N2O5. The zero-order valence-corrected chi connectivity index (χ0v) is 28.9. The van der Waals surface area contributed by atoms with Crippen LogP contribution in [0.2, 0.25) is 0 Å². The molecule has 5 aromatic carbocycles. The van der Waals surface area contributed by atoms with Crippen LogP contribution in [0.1, 0.15) is 34.8 Å². The third-order valence-corrected chi connectivity index (χ3v) is 8.88. The number of amides is 1. The number of benzene rings is 5. The van der Waals surface area contributed by atoms with Gasteiger partial charge in [-0.15, -0.1) is 13.2 Å². The summed E-state index contributed by atoms with van der Waals surface area (Å²) in [5.74, 6) is 0.114. The normalized spacial score (nSPS) is 17.0. The second-order valence-electron chi connectivity index (χ2n) is 12.0. The van der Waals surface area contributed by atoms with E-state index in [2.05, 4.69) is 26.0 Å². The predicted molar refractivity (Wildman–Crippen MR) is 191 cm³/mol. The van der Waals surface area contributed by atoms with Crippen molar-refractivity contribution in [2.24, 2.45) is 4.99 Å². The number of aliphatic imine (C=N–C) groups is 1. The molecule has 0 fully saturated rings. The van der Waals surface area contributed by atoms with E-state index in [1.165, 1.54) is 24.3 Å².